The maximum Gasteiger partial charge on any atom is 0.246 e. The number of benzene rings is 1. The molecule has 9 heteroatoms. The number of sulfonamides is 1. The molecule has 2 fully saturated rings. The van der Waals surface area contributed by atoms with Crippen molar-refractivity contribution in [2.75, 3.05) is 33.4 Å². The smallest absolute Gasteiger partial charge is 0.246 e. The first kappa shape index (κ1) is 18.4. The SMILES string of the molecule is COc1ccc(-c2cc(C)no2)cc1S(=O)(=O)N1CCC2(CC1)OCCO2. The molecule has 8 nitrogen and oxygen atoms in total. The van der Waals surface area contributed by atoms with E-state index in [1.807, 2.05) is 6.92 Å². The summed E-state index contributed by atoms with van der Waals surface area (Å²) in [6.07, 6.45) is 1.02. The van der Waals surface area contributed by atoms with Gasteiger partial charge in [-0.1, -0.05) is 5.16 Å². The second-order valence-electron chi connectivity index (χ2n) is 6.71. The Morgan fingerprint density at radius 3 is 2.44 bits per heavy atom. The van der Waals surface area contributed by atoms with Crippen LogP contribution in [0.4, 0.5) is 0 Å². The molecule has 1 aromatic heterocycles. The summed E-state index contributed by atoms with van der Waals surface area (Å²) in [4.78, 5) is 0.112. The van der Waals surface area contributed by atoms with Gasteiger partial charge in [0.1, 0.15) is 10.6 Å². The van der Waals surface area contributed by atoms with Gasteiger partial charge in [0.25, 0.3) is 0 Å². The molecule has 4 rings (SSSR count). The summed E-state index contributed by atoms with van der Waals surface area (Å²) in [6, 6.07) is 6.72. The third-order valence-electron chi connectivity index (χ3n) is 4.99. The Labute approximate surface area is 158 Å². The number of aromatic nitrogens is 1. The van der Waals surface area contributed by atoms with Gasteiger partial charge in [-0.15, -0.1) is 0 Å². The molecule has 0 radical (unpaired) electrons. The normalized spacial score (nSPS) is 20.2. The van der Waals surface area contributed by atoms with Crippen LogP contribution in [0.15, 0.2) is 33.7 Å². The van der Waals surface area contributed by atoms with Gasteiger partial charge in [0, 0.05) is 37.6 Å². The molecule has 0 unspecified atom stereocenters. The molecular weight excluding hydrogens is 372 g/mol. The number of aryl methyl sites for hydroxylation is 1. The van der Waals surface area contributed by atoms with Crippen LogP contribution in [0.25, 0.3) is 11.3 Å². The molecule has 2 aromatic rings. The van der Waals surface area contributed by atoms with E-state index in [1.165, 1.54) is 11.4 Å². The lowest BCUT2D eigenvalue weighted by Gasteiger charge is -2.36. The van der Waals surface area contributed by atoms with Gasteiger partial charge in [-0.05, 0) is 25.1 Å². The molecule has 3 heterocycles. The fourth-order valence-corrected chi connectivity index (χ4v) is 5.15. The van der Waals surface area contributed by atoms with Crippen molar-refractivity contribution < 1.29 is 27.2 Å². The summed E-state index contributed by atoms with van der Waals surface area (Å²) in [5.41, 5.74) is 1.36. The number of hydrogen-bond donors (Lipinski definition) is 0. The maximum absolute atomic E-state index is 13.3. The van der Waals surface area contributed by atoms with Crippen LogP contribution in [0.5, 0.6) is 5.75 Å². The highest BCUT2D eigenvalue weighted by molar-refractivity contribution is 7.89. The number of nitrogens with zero attached hydrogens (tertiary/aromatic N) is 2. The highest BCUT2D eigenvalue weighted by Gasteiger charge is 2.43. The van der Waals surface area contributed by atoms with Crippen LogP contribution in [0.3, 0.4) is 0 Å². The molecule has 2 saturated heterocycles. The van der Waals surface area contributed by atoms with E-state index in [9.17, 15) is 8.42 Å². The Morgan fingerprint density at radius 1 is 1.15 bits per heavy atom. The number of piperidine rings is 1. The van der Waals surface area contributed by atoms with Gasteiger partial charge in [0.2, 0.25) is 10.0 Å². The standard InChI is InChI=1S/C18H22N2O6S/c1-13-11-16(26-19-13)14-3-4-15(23-2)17(12-14)27(21,22)20-7-5-18(6-8-20)24-9-10-25-18/h3-4,11-12H,5-10H2,1-2H3. The summed E-state index contributed by atoms with van der Waals surface area (Å²) >= 11 is 0. The minimum Gasteiger partial charge on any atom is -0.495 e. The van der Waals surface area contributed by atoms with Crippen molar-refractivity contribution >= 4 is 10.0 Å². The minimum absolute atomic E-state index is 0.112. The Balaban J connectivity index is 1.64. The van der Waals surface area contributed by atoms with E-state index < -0.39 is 15.8 Å². The molecule has 0 atom stereocenters. The topological polar surface area (TPSA) is 91.1 Å². The predicted molar refractivity (Wildman–Crippen MR) is 95.9 cm³/mol. The molecule has 0 aliphatic carbocycles. The Bertz CT molecular complexity index is 923. The van der Waals surface area contributed by atoms with Crippen molar-refractivity contribution in [3.05, 3.63) is 30.0 Å². The fourth-order valence-electron chi connectivity index (χ4n) is 3.52. The van der Waals surface area contributed by atoms with Crippen LogP contribution in [0, 0.1) is 6.92 Å². The maximum atomic E-state index is 13.3. The van der Waals surface area contributed by atoms with Crippen molar-refractivity contribution in [2.45, 2.75) is 30.4 Å². The lowest BCUT2D eigenvalue weighted by molar-refractivity contribution is -0.179. The first-order valence-corrected chi connectivity index (χ1v) is 10.3. The van der Waals surface area contributed by atoms with Crippen LogP contribution in [0.1, 0.15) is 18.5 Å². The Kier molecular flexibility index (Phi) is 4.71. The minimum atomic E-state index is -3.74. The van der Waals surface area contributed by atoms with Crippen LogP contribution >= 0.6 is 0 Å². The van der Waals surface area contributed by atoms with E-state index >= 15 is 0 Å². The first-order chi connectivity index (χ1) is 12.9. The van der Waals surface area contributed by atoms with Gasteiger partial charge in [0.15, 0.2) is 11.5 Å². The fraction of sp³-hybridized carbons (Fsp3) is 0.500. The summed E-state index contributed by atoms with van der Waals surface area (Å²) in [5.74, 6) is 0.176. The molecule has 27 heavy (non-hydrogen) atoms. The highest BCUT2D eigenvalue weighted by Crippen LogP contribution is 2.36. The lowest BCUT2D eigenvalue weighted by atomic mass is 10.1. The predicted octanol–water partition coefficient (Wildman–Crippen LogP) is 2.19. The zero-order valence-electron chi connectivity index (χ0n) is 15.3. The van der Waals surface area contributed by atoms with Crippen molar-refractivity contribution in [2.24, 2.45) is 0 Å². The van der Waals surface area contributed by atoms with Gasteiger partial charge >= 0.3 is 0 Å². The summed E-state index contributed by atoms with van der Waals surface area (Å²) in [6.45, 7) is 3.58. The van der Waals surface area contributed by atoms with Crippen molar-refractivity contribution in [3.63, 3.8) is 0 Å². The lowest BCUT2D eigenvalue weighted by Crippen LogP contribution is -2.47. The van der Waals surface area contributed by atoms with E-state index in [4.69, 9.17) is 18.7 Å². The molecule has 2 aliphatic heterocycles. The Morgan fingerprint density at radius 2 is 1.85 bits per heavy atom. The molecule has 0 N–H and O–H groups in total. The quantitative estimate of drug-likeness (QED) is 0.785. The average molecular weight is 394 g/mol. The molecule has 2 aliphatic rings. The van der Waals surface area contributed by atoms with Gasteiger partial charge in [-0.3, -0.25) is 0 Å². The second kappa shape index (κ2) is 6.90. The zero-order chi connectivity index (χ0) is 19.1. The van der Waals surface area contributed by atoms with Gasteiger partial charge in [-0.2, -0.15) is 4.31 Å². The van der Waals surface area contributed by atoms with Crippen molar-refractivity contribution in [1.29, 1.82) is 0 Å². The third-order valence-corrected chi connectivity index (χ3v) is 6.91. The number of hydrogen-bond acceptors (Lipinski definition) is 7. The number of rotatable bonds is 4. The molecule has 146 valence electrons. The van der Waals surface area contributed by atoms with Crippen molar-refractivity contribution in [3.8, 4) is 17.1 Å². The molecule has 0 saturated carbocycles. The number of ether oxygens (including phenoxy) is 3. The molecular formula is C18H22N2O6S. The van der Waals surface area contributed by atoms with E-state index in [1.54, 1.807) is 24.3 Å². The summed E-state index contributed by atoms with van der Waals surface area (Å²) in [5, 5.41) is 3.86. The summed E-state index contributed by atoms with van der Waals surface area (Å²) < 4.78 is 50.0. The van der Waals surface area contributed by atoms with E-state index in [2.05, 4.69) is 5.16 Å². The monoisotopic (exact) mass is 394 g/mol. The average Bonchev–Trinajstić information content (AvgIpc) is 3.31. The second-order valence-corrected chi connectivity index (χ2v) is 8.62. The van der Waals surface area contributed by atoms with Crippen LogP contribution in [0.2, 0.25) is 0 Å². The zero-order valence-corrected chi connectivity index (χ0v) is 16.1. The van der Waals surface area contributed by atoms with Crippen LogP contribution in [-0.2, 0) is 19.5 Å². The first-order valence-electron chi connectivity index (χ1n) is 8.83. The Hall–Kier alpha value is -1.94. The van der Waals surface area contributed by atoms with E-state index in [0.29, 0.717) is 56.2 Å². The third kappa shape index (κ3) is 3.36. The van der Waals surface area contributed by atoms with E-state index in [-0.39, 0.29) is 4.90 Å². The molecule has 0 bridgehead atoms. The highest BCUT2D eigenvalue weighted by atomic mass is 32.2. The largest absolute Gasteiger partial charge is 0.495 e. The molecule has 1 spiro atoms. The van der Waals surface area contributed by atoms with Gasteiger partial charge in [0.05, 0.1) is 26.0 Å². The van der Waals surface area contributed by atoms with Crippen LogP contribution in [-0.4, -0.2) is 57.1 Å². The molecule has 1 aromatic carbocycles. The van der Waals surface area contributed by atoms with E-state index in [0.717, 1.165) is 5.69 Å². The van der Waals surface area contributed by atoms with Crippen molar-refractivity contribution in [1.82, 2.24) is 9.46 Å². The summed E-state index contributed by atoms with van der Waals surface area (Å²) in [7, 11) is -2.28. The number of methoxy groups -OCH3 is 1. The molecule has 0 amide bonds. The van der Waals surface area contributed by atoms with Crippen LogP contribution < -0.4 is 4.74 Å². The van der Waals surface area contributed by atoms with Gasteiger partial charge in [-0.25, -0.2) is 8.42 Å². The van der Waals surface area contributed by atoms with Gasteiger partial charge < -0.3 is 18.7 Å².